The molecule has 0 bridgehead atoms. The summed E-state index contributed by atoms with van der Waals surface area (Å²) in [5.41, 5.74) is 2.92. The molecule has 1 N–H and O–H groups in total. The number of fused-ring (bicyclic) bond motifs is 2. The summed E-state index contributed by atoms with van der Waals surface area (Å²) in [6.07, 6.45) is 0.681. The van der Waals surface area contributed by atoms with Gasteiger partial charge in [0, 0.05) is 35.0 Å². The van der Waals surface area contributed by atoms with Gasteiger partial charge in [0.2, 0.25) is 0 Å². The van der Waals surface area contributed by atoms with E-state index in [0.29, 0.717) is 35.1 Å². The SMILES string of the molecule is Cn1c(C(=O)NC2CCOc3cc(C#N)ccc32)cc2ccc(Cl)cc21. The number of hydrogen-bond donors (Lipinski definition) is 1. The highest BCUT2D eigenvalue weighted by Crippen LogP contribution is 2.33. The fourth-order valence-electron chi connectivity index (χ4n) is 3.36. The van der Waals surface area contributed by atoms with E-state index in [0.717, 1.165) is 16.5 Å². The van der Waals surface area contributed by atoms with E-state index in [1.807, 2.05) is 41.9 Å². The molecule has 1 aliphatic heterocycles. The van der Waals surface area contributed by atoms with E-state index in [-0.39, 0.29) is 11.9 Å². The Morgan fingerprint density at radius 1 is 1.31 bits per heavy atom. The van der Waals surface area contributed by atoms with Crippen molar-refractivity contribution in [2.75, 3.05) is 6.61 Å². The minimum Gasteiger partial charge on any atom is -0.493 e. The molecular weight excluding hydrogens is 350 g/mol. The van der Waals surface area contributed by atoms with E-state index < -0.39 is 0 Å². The lowest BCUT2D eigenvalue weighted by Gasteiger charge is -2.26. The average molecular weight is 366 g/mol. The van der Waals surface area contributed by atoms with Crippen molar-refractivity contribution in [1.82, 2.24) is 9.88 Å². The van der Waals surface area contributed by atoms with Crippen molar-refractivity contribution in [2.24, 2.45) is 7.05 Å². The molecule has 1 amide bonds. The maximum Gasteiger partial charge on any atom is 0.268 e. The van der Waals surface area contributed by atoms with E-state index in [2.05, 4.69) is 11.4 Å². The number of nitrogens with zero attached hydrogens (tertiary/aromatic N) is 2. The first-order chi connectivity index (χ1) is 12.6. The van der Waals surface area contributed by atoms with Gasteiger partial charge in [-0.2, -0.15) is 5.26 Å². The molecule has 0 radical (unpaired) electrons. The van der Waals surface area contributed by atoms with E-state index >= 15 is 0 Å². The van der Waals surface area contributed by atoms with Gasteiger partial charge in [0.05, 0.1) is 24.3 Å². The lowest BCUT2D eigenvalue weighted by Crippen LogP contribution is -2.33. The Labute approximate surface area is 155 Å². The third kappa shape index (κ3) is 2.79. The van der Waals surface area contributed by atoms with Crippen LogP contribution in [-0.2, 0) is 7.05 Å². The van der Waals surface area contributed by atoms with Crippen molar-refractivity contribution in [2.45, 2.75) is 12.5 Å². The summed E-state index contributed by atoms with van der Waals surface area (Å²) in [6, 6.07) is 14.7. The molecule has 1 aromatic heterocycles. The number of hydrogen-bond acceptors (Lipinski definition) is 3. The smallest absolute Gasteiger partial charge is 0.268 e. The third-order valence-corrected chi connectivity index (χ3v) is 4.96. The quantitative estimate of drug-likeness (QED) is 0.747. The Bertz CT molecular complexity index is 1060. The standard InChI is InChI=1S/C20H16ClN3O2/c1-24-17-10-14(21)4-3-13(17)9-18(24)20(25)23-16-6-7-26-19-8-12(11-22)2-5-15(16)19/h2-5,8-10,16H,6-7H2,1H3,(H,23,25). The van der Waals surface area contributed by atoms with Crippen molar-refractivity contribution in [3.63, 3.8) is 0 Å². The number of carbonyl (C=O) groups excluding carboxylic acids is 1. The molecule has 2 heterocycles. The first kappa shape index (κ1) is 16.5. The highest BCUT2D eigenvalue weighted by atomic mass is 35.5. The summed E-state index contributed by atoms with van der Waals surface area (Å²) in [5, 5.41) is 13.7. The number of benzene rings is 2. The summed E-state index contributed by atoms with van der Waals surface area (Å²) in [5.74, 6) is 0.506. The van der Waals surface area contributed by atoms with Crippen LogP contribution in [0.4, 0.5) is 0 Å². The van der Waals surface area contributed by atoms with Crippen molar-refractivity contribution in [3.05, 3.63) is 64.3 Å². The van der Waals surface area contributed by atoms with Gasteiger partial charge in [-0.15, -0.1) is 0 Å². The zero-order chi connectivity index (χ0) is 18.3. The number of ether oxygens (including phenoxy) is 1. The van der Waals surface area contributed by atoms with Gasteiger partial charge in [-0.1, -0.05) is 23.7 Å². The van der Waals surface area contributed by atoms with Crippen LogP contribution in [0.5, 0.6) is 5.75 Å². The second-order valence-electron chi connectivity index (χ2n) is 6.32. The lowest BCUT2D eigenvalue weighted by molar-refractivity contribution is 0.0917. The second-order valence-corrected chi connectivity index (χ2v) is 6.76. The van der Waals surface area contributed by atoms with Crippen LogP contribution in [0.15, 0.2) is 42.5 Å². The van der Waals surface area contributed by atoms with Gasteiger partial charge < -0.3 is 14.6 Å². The number of aryl methyl sites for hydroxylation is 1. The van der Waals surface area contributed by atoms with Crippen LogP contribution in [0.3, 0.4) is 0 Å². The molecule has 0 aliphatic carbocycles. The topological polar surface area (TPSA) is 67.1 Å². The zero-order valence-electron chi connectivity index (χ0n) is 14.1. The molecule has 5 nitrogen and oxygen atoms in total. The molecule has 0 saturated carbocycles. The number of carbonyl (C=O) groups is 1. The minimum absolute atomic E-state index is 0.151. The summed E-state index contributed by atoms with van der Waals surface area (Å²) >= 11 is 6.07. The van der Waals surface area contributed by atoms with Crippen LogP contribution in [0, 0.1) is 11.3 Å². The molecule has 130 valence electrons. The molecule has 1 aliphatic rings. The zero-order valence-corrected chi connectivity index (χ0v) is 14.9. The number of amides is 1. The summed E-state index contributed by atoms with van der Waals surface area (Å²) in [6.45, 7) is 0.498. The van der Waals surface area contributed by atoms with Crippen LogP contribution in [0.1, 0.15) is 34.1 Å². The highest BCUT2D eigenvalue weighted by Gasteiger charge is 2.25. The second kappa shape index (κ2) is 6.40. The van der Waals surface area contributed by atoms with Gasteiger partial charge in [-0.05, 0) is 30.3 Å². The van der Waals surface area contributed by atoms with Crippen LogP contribution in [0.2, 0.25) is 5.02 Å². The average Bonchev–Trinajstić information content (AvgIpc) is 2.98. The summed E-state index contributed by atoms with van der Waals surface area (Å²) in [7, 11) is 1.85. The Morgan fingerprint density at radius 3 is 2.96 bits per heavy atom. The molecule has 26 heavy (non-hydrogen) atoms. The molecule has 6 heteroatoms. The van der Waals surface area contributed by atoms with E-state index in [9.17, 15) is 4.79 Å². The normalized spacial score (nSPS) is 15.8. The van der Waals surface area contributed by atoms with Gasteiger partial charge >= 0.3 is 0 Å². The Balaban J connectivity index is 1.64. The van der Waals surface area contributed by atoms with Crippen LogP contribution in [-0.4, -0.2) is 17.1 Å². The fourth-order valence-corrected chi connectivity index (χ4v) is 3.53. The summed E-state index contributed by atoms with van der Waals surface area (Å²) in [4.78, 5) is 12.9. The number of nitrogens with one attached hydrogen (secondary N) is 1. The minimum atomic E-state index is -0.152. The number of rotatable bonds is 2. The monoisotopic (exact) mass is 365 g/mol. The van der Waals surface area contributed by atoms with Crippen molar-refractivity contribution < 1.29 is 9.53 Å². The van der Waals surface area contributed by atoms with Gasteiger partial charge in [0.15, 0.2) is 0 Å². The molecule has 1 atom stereocenters. The van der Waals surface area contributed by atoms with Gasteiger partial charge in [-0.25, -0.2) is 0 Å². The van der Waals surface area contributed by atoms with Crippen molar-refractivity contribution in [1.29, 1.82) is 5.26 Å². The van der Waals surface area contributed by atoms with Gasteiger partial charge in [0.25, 0.3) is 5.91 Å². The van der Waals surface area contributed by atoms with Crippen molar-refractivity contribution >= 4 is 28.4 Å². The van der Waals surface area contributed by atoms with Gasteiger partial charge in [0.1, 0.15) is 11.4 Å². The van der Waals surface area contributed by atoms with E-state index in [4.69, 9.17) is 21.6 Å². The molecule has 0 fully saturated rings. The molecule has 3 aromatic rings. The lowest BCUT2D eigenvalue weighted by atomic mass is 9.99. The van der Waals surface area contributed by atoms with E-state index in [1.54, 1.807) is 12.1 Å². The number of aromatic nitrogens is 1. The van der Waals surface area contributed by atoms with E-state index in [1.165, 1.54) is 0 Å². The van der Waals surface area contributed by atoms with Crippen LogP contribution in [0.25, 0.3) is 10.9 Å². The van der Waals surface area contributed by atoms with Gasteiger partial charge in [-0.3, -0.25) is 4.79 Å². The highest BCUT2D eigenvalue weighted by molar-refractivity contribution is 6.31. The van der Waals surface area contributed by atoms with Crippen LogP contribution >= 0.6 is 11.6 Å². The maximum atomic E-state index is 12.9. The third-order valence-electron chi connectivity index (χ3n) is 4.73. The first-order valence-corrected chi connectivity index (χ1v) is 8.67. The molecule has 0 saturated heterocycles. The Kier molecular flexibility index (Phi) is 4.06. The Morgan fingerprint density at radius 2 is 2.15 bits per heavy atom. The number of nitriles is 1. The predicted molar refractivity (Wildman–Crippen MR) is 99.4 cm³/mol. The number of halogens is 1. The Hall–Kier alpha value is -2.97. The molecule has 2 aromatic carbocycles. The fraction of sp³-hybridized carbons (Fsp3) is 0.200. The molecule has 4 rings (SSSR count). The maximum absolute atomic E-state index is 12.9. The largest absolute Gasteiger partial charge is 0.493 e. The molecular formula is C20H16ClN3O2. The first-order valence-electron chi connectivity index (χ1n) is 8.29. The van der Waals surface area contributed by atoms with Crippen molar-refractivity contribution in [3.8, 4) is 11.8 Å². The summed E-state index contributed by atoms with van der Waals surface area (Å²) < 4.78 is 7.49. The predicted octanol–water partition coefficient (Wildman–Crippen LogP) is 3.96. The molecule has 0 spiro atoms. The van der Waals surface area contributed by atoms with Crippen LogP contribution < -0.4 is 10.1 Å². The molecule has 1 unspecified atom stereocenters.